The molecule has 3 rings (SSSR count). The summed E-state index contributed by atoms with van der Waals surface area (Å²) in [6, 6.07) is 11.2. The number of esters is 2. The second-order valence-corrected chi connectivity index (χ2v) is 4.66. The van der Waals surface area contributed by atoms with Crippen LogP contribution in [0.4, 0.5) is 0 Å². The van der Waals surface area contributed by atoms with Gasteiger partial charge in [0, 0.05) is 17.0 Å². The zero-order valence-corrected chi connectivity index (χ0v) is 11.7. The third-order valence-electron chi connectivity index (χ3n) is 3.30. The molecule has 0 saturated carbocycles. The summed E-state index contributed by atoms with van der Waals surface area (Å²) in [5.41, 5.74) is 1.30. The van der Waals surface area contributed by atoms with E-state index in [1.54, 1.807) is 6.07 Å². The molecule has 0 unspecified atom stereocenters. The lowest BCUT2D eigenvalue weighted by atomic mass is 9.97. The van der Waals surface area contributed by atoms with Crippen LogP contribution in [0.3, 0.4) is 0 Å². The van der Waals surface area contributed by atoms with E-state index in [2.05, 4.69) is 11.6 Å². The zero-order chi connectivity index (χ0) is 15.5. The number of cyclic esters (lactones) is 1. The number of nitrogens with zero attached hydrogens (tertiary/aromatic N) is 1. The van der Waals surface area contributed by atoms with Crippen LogP contribution in [0, 0.1) is 0 Å². The van der Waals surface area contributed by atoms with Gasteiger partial charge >= 0.3 is 11.9 Å². The van der Waals surface area contributed by atoms with E-state index in [-0.39, 0.29) is 19.0 Å². The smallest absolute Gasteiger partial charge is 0.345 e. The third-order valence-corrected chi connectivity index (χ3v) is 3.30. The first-order valence-corrected chi connectivity index (χ1v) is 6.78. The van der Waals surface area contributed by atoms with Gasteiger partial charge in [-0.3, -0.25) is 0 Å². The lowest BCUT2D eigenvalue weighted by Crippen LogP contribution is -2.21. The Labute approximate surface area is 126 Å². The molecule has 5 heteroatoms. The summed E-state index contributed by atoms with van der Waals surface area (Å²) in [4.78, 5) is 27.3. The van der Waals surface area contributed by atoms with E-state index in [4.69, 9.17) is 9.47 Å². The number of hydrogen-bond donors (Lipinski definition) is 0. The average Bonchev–Trinajstić information content (AvgIpc) is 2.55. The molecule has 5 nitrogen and oxygen atoms in total. The van der Waals surface area contributed by atoms with Crippen molar-refractivity contribution >= 4 is 28.6 Å². The zero-order valence-electron chi connectivity index (χ0n) is 11.7. The molecule has 22 heavy (non-hydrogen) atoms. The molecule has 0 aromatic heterocycles. The van der Waals surface area contributed by atoms with Gasteiger partial charge in [0.25, 0.3) is 0 Å². The first kappa shape index (κ1) is 14.0. The SMILES string of the molecule is C=CC(=O)OCCN=C1OC(=O)c2cccc3cccc1c23. The summed E-state index contributed by atoms with van der Waals surface area (Å²) in [5, 5.41) is 1.79. The van der Waals surface area contributed by atoms with Crippen LogP contribution in [0.25, 0.3) is 10.8 Å². The molecule has 0 N–H and O–H groups in total. The maximum atomic E-state index is 12.1. The number of ether oxygens (including phenoxy) is 2. The minimum atomic E-state index is -0.506. The summed E-state index contributed by atoms with van der Waals surface area (Å²) in [7, 11) is 0. The maximum absolute atomic E-state index is 12.1. The van der Waals surface area contributed by atoms with E-state index in [9.17, 15) is 9.59 Å². The molecule has 2 aromatic carbocycles. The Morgan fingerprint density at radius 2 is 1.95 bits per heavy atom. The molecule has 0 amide bonds. The number of aliphatic imine (C=N–C) groups is 1. The molecule has 0 atom stereocenters. The molecular weight excluding hydrogens is 282 g/mol. The molecule has 0 radical (unpaired) electrons. The highest BCUT2D eigenvalue weighted by molar-refractivity contribution is 6.22. The van der Waals surface area contributed by atoms with E-state index >= 15 is 0 Å². The fourth-order valence-corrected chi connectivity index (χ4v) is 2.36. The van der Waals surface area contributed by atoms with Crippen molar-refractivity contribution in [3.8, 4) is 0 Å². The third kappa shape index (κ3) is 2.48. The monoisotopic (exact) mass is 295 g/mol. The molecule has 1 heterocycles. The Morgan fingerprint density at radius 3 is 2.68 bits per heavy atom. The second-order valence-electron chi connectivity index (χ2n) is 4.66. The van der Waals surface area contributed by atoms with E-state index in [1.165, 1.54) is 0 Å². The van der Waals surface area contributed by atoms with Gasteiger partial charge in [0.1, 0.15) is 6.61 Å². The normalized spacial score (nSPS) is 14.7. The van der Waals surface area contributed by atoms with Gasteiger partial charge in [0.2, 0.25) is 5.90 Å². The minimum absolute atomic E-state index is 0.101. The van der Waals surface area contributed by atoms with E-state index in [0.29, 0.717) is 5.56 Å². The standard InChI is InChI=1S/C17H13NO4/c1-2-14(19)21-10-9-18-16-12-7-3-5-11-6-4-8-13(15(11)12)17(20)22-16/h2-8H,1,9-10H2. The van der Waals surface area contributed by atoms with E-state index in [0.717, 1.165) is 22.4 Å². The van der Waals surface area contributed by atoms with Crippen molar-refractivity contribution in [1.82, 2.24) is 0 Å². The predicted molar refractivity (Wildman–Crippen MR) is 81.9 cm³/mol. The van der Waals surface area contributed by atoms with Crippen molar-refractivity contribution in [2.75, 3.05) is 13.2 Å². The quantitative estimate of drug-likeness (QED) is 0.494. The molecule has 2 aromatic rings. The largest absolute Gasteiger partial charge is 0.461 e. The lowest BCUT2D eigenvalue weighted by molar-refractivity contribution is -0.137. The van der Waals surface area contributed by atoms with Crippen LogP contribution in [-0.2, 0) is 14.3 Å². The van der Waals surface area contributed by atoms with Crippen molar-refractivity contribution in [3.05, 3.63) is 60.2 Å². The van der Waals surface area contributed by atoms with Crippen LogP contribution >= 0.6 is 0 Å². The second kappa shape index (κ2) is 5.81. The van der Waals surface area contributed by atoms with Gasteiger partial charge in [0.15, 0.2) is 0 Å². The van der Waals surface area contributed by atoms with Crippen molar-refractivity contribution in [2.24, 2.45) is 4.99 Å². The highest BCUT2D eigenvalue weighted by Gasteiger charge is 2.25. The fourth-order valence-electron chi connectivity index (χ4n) is 2.36. The Balaban J connectivity index is 1.92. The van der Waals surface area contributed by atoms with Crippen LogP contribution in [0.1, 0.15) is 15.9 Å². The van der Waals surface area contributed by atoms with Crippen molar-refractivity contribution in [3.63, 3.8) is 0 Å². The van der Waals surface area contributed by atoms with Crippen molar-refractivity contribution in [2.45, 2.75) is 0 Å². The molecule has 0 spiro atoms. The molecule has 1 aliphatic heterocycles. The topological polar surface area (TPSA) is 65.0 Å². The molecular formula is C17H13NO4. The summed E-state index contributed by atoms with van der Waals surface area (Å²) in [5.74, 6) is -0.677. The average molecular weight is 295 g/mol. The minimum Gasteiger partial charge on any atom is -0.461 e. The van der Waals surface area contributed by atoms with E-state index < -0.39 is 11.9 Å². The number of benzene rings is 2. The van der Waals surface area contributed by atoms with Gasteiger partial charge in [-0.2, -0.15) is 0 Å². The summed E-state index contributed by atoms with van der Waals surface area (Å²) < 4.78 is 10.1. The Bertz CT molecular complexity index is 802. The predicted octanol–water partition coefficient (Wildman–Crippen LogP) is 2.49. The maximum Gasteiger partial charge on any atom is 0.345 e. The highest BCUT2D eigenvalue weighted by atomic mass is 16.5. The first-order valence-electron chi connectivity index (χ1n) is 6.78. The molecule has 110 valence electrons. The Kier molecular flexibility index (Phi) is 3.70. The van der Waals surface area contributed by atoms with Crippen molar-refractivity contribution in [1.29, 1.82) is 0 Å². The number of carbonyl (C=O) groups is 2. The molecule has 0 aliphatic carbocycles. The fraction of sp³-hybridized carbons (Fsp3) is 0.118. The highest BCUT2D eigenvalue weighted by Crippen LogP contribution is 2.28. The lowest BCUT2D eigenvalue weighted by Gasteiger charge is -2.18. The number of rotatable bonds is 4. The van der Waals surface area contributed by atoms with Gasteiger partial charge in [-0.1, -0.05) is 30.8 Å². The van der Waals surface area contributed by atoms with Gasteiger partial charge in [-0.25, -0.2) is 14.6 Å². The number of hydrogen-bond acceptors (Lipinski definition) is 5. The Hall–Kier alpha value is -2.95. The van der Waals surface area contributed by atoms with Crippen molar-refractivity contribution < 1.29 is 19.1 Å². The van der Waals surface area contributed by atoms with Gasteiger partial charge in [0.05, 0.1) is 12.1 Å². The van der Waals surface area contributed by atoms with Crippen LogP contribution in [0.2, 0.25) is 0 Å². The summed E-state index contributed by atoms with van der Waals surface area (Å²) in [6.07, 6.45) is 1.09. The van der Waals surface area contributed by atoms with Gasteiger partial charge in [-0.05, 0) is 17.5 Å². The van der Waals surface area contributed by atoms with Gasteiger partial charge < -0.3 is 9.47 Å². The van der Waals surface area contributed by atoms with Crippen LogP contribution in [-0.4, -0.2) is 31.0 Å². The van der Waals surface area contributed by atoms with Gasteiger partial charge in [-0.15, -0.1) is 0 Å². The molecule has 1 aliphatic rings. The Morgan fingerprint density at radius 1 is 1.23 bits per heavy atom. The van der Waals surface area contributed by atoms with Crippen LogP contribution in [0.5, 0.6) is 0 Å². The summed E-state index contributed by atoms with van der Waals surface area (Å²) >= 11 is 0. The molecule has 0 saturated heterocycles. The molecule has 0 fully saturated rings. The van der Waals surface area contributed by atoms with Crippen LogP contribution in [0.15, 0.2) is 54.0 Å². The van der Waals surface area contributed by atoms with E-state index in [1.807, 2.05) is 30.3 Å². The summed E-state index contributed by atoms with van der Waals surface area (Å²) in [6.45, 7) is 3.62. The number of carbonyl (C=O) groups excluding carboxylic acids is 2. The molecule has 0 bridgehead atoms. The van der Waals surface area contributed by atoms with Crippen LogP contribution < -0.4 is 0 Å². The first-order chi connectivity index (χ1) is 10.7.